The summed E-state index contributed by atoms with van der Waals surface area (Å²) < 4.78 is 13.7. The van der Waals surface area contributed by atoms with Gasteiger partial charge in [-0.05, 0) is 30.9 Å². The third-order valence-corrected chi connectivity index (χ3v) is 3.71. The molecule has 2 rings (SSSR count). The molecule has 0 amide bonds. The molecule has 0 spiro atoms. The van der Waals surface area contributed by atoms with Crippen LogP contribution in [0, 0.1) is 11.7 Å². The van der Waals surface area contributed by atoms with Crippen LogP contribution in [-0.4, -0.2) is 0 Å². The lowest BCUT2D eigenvalue weighted by atomic mass is 9.81. The minimum atomic E-state index is -0.273. The van der Waals surface area contributed by atoms with E-state index in [4.69, 9.17) is 17.3 Å². The van der Waals surface area contributed by atoms with Gasteiger partial charge in [0.15, 0.2) is 0 Å². The maximum Gasteiger partial charge on any atom is 0.129 e. The molecule has 1 nitrogen and oxygen atoms in total. The number of nitrogens with two attached hydrogens (primary N) is 1. The number of hydrogen-bond acceptors (Lipinski definition) is 1. The van der Waals surface area contributed by atoms with E-state index >= 15 is 0 Å². The minimum Gasteiger partial charge on any atom is -0.324 e. The lowest BCUT2D eigenvalue weighted by molar-refractivity contribution is 0.303. The molecule has 2 N–H and O–H groups in total. The first-order valence-electron chi connectivity index (χ1n) is 5.89. The average molecular weight is 278 g/mol. The molecule has 0 radical (unpaired) electrons. The van der Waals surface area contributed by atoms with E-state index in [0.29, 0.717) is 16.5 Å². The van der Waals surface area contributed by atoms with Crippen molar-refractivity contribution in [2.75, 3.05) is 0 Å². The SMILES string of the molecule is Cl.N[C@H](c1ccc(Cl)cc1F)C1CCCCC1. The fourth-order valence-electron chi connectivity index (χ4n) is 2.52. The highest BCUT2D eigenvalue weighted by atomic mass is 35.5. The van der Waals surface area contributed by atoms with E-state index in [1.54, 1.807) is 12.1 Å². The van der Waals surface area contributed by atoms with Gasteiger partial charge in [0.05, 0.1) is 0 Å². The summed E-state index contributed by atoms with van der Waals surface area (Å²) in [5.74, 6) is 0.148. The largest absolute Gasteiger partial charge is 0.324 e. The topological polar surface area (TPSA) is 26.0 Å². The van der Waals surface area contributed by atoms with Crippen molar-refractivity contribution in [1.82, 2.24) is 0 Å². The molecule has 4 heteroatoms. The third-order valence-electron chi connectivity index (χ3n) is 3.48. The second-order valence-electron chi connectivity index (χ2n) is 4.59. The molecule has 0 aromatic heterocycles. The molecule has 1 aromatic rings. The Morgan fingerprint density at radius 1 is 1.24 bits per heavy atom. The van der Waals surface area contributed by atoms with E-state index in [1.807, 2.05) is 0 Å². The zero-order chi connectivity index (χ0) is 11.5. The quantitative estimate of drug-likeness (QED) is 0.848. The molecule has 1 atom stereocenters. The van der Waals surface area contributed by atoms with E-state index < -0.39 is 0 Å². The fourth-order valence-corrected chi connectivity index (χ4v) is 2.68. The standard InChI is InChI=1S/C13H17ClFN.ClH/c14-10-6-7-11(12(15)8-10)13(16)9-4-2-1-3-5-9;/h6-9,13H,1-5,16H2;1H/t13-;/m0./s1. The molecule has 1 saturated carbocycles. The van der Waals surface area contributed by atoms with Crippen LogP contribution in [0.4, 0.5) is 4.39 Å². The molecule has 1 aromatic carbocycles. The number of benzene rings is 1. The van der Waals surface area contributed by atoms with Crippen LogP contribution in [0.15, 0.2) is 18.2 Å². The van der Waals surface area contributed by atoms with Gasteiger partial charge in [0.2, 0.25) is 0 Å². The van der Waals surface area contributed by atoms with Gasteiger partial charge in [-0.25, -0.2) is 4.39 Å². The Labute approximate surface area is 113 Å². The molecule has 0 aliphatic heterocycles. The van der Waals surface area contributed by atoms with Crippen LogP contribution >= 0.6 is 24.0 Å². The summed E-state index contributed by atoms with van der Waals surface area (Å²) in [6.07, 6.45) is 5.94. The average Bonchev–Trinajstić information content (AvgIpc) is 2.29. The van der Waals surface area contributed by atoms with Crippen molar-refractivity contribution in [3.8, 4) is 0 Å². The van der Waals surface area contributed by atoms with E-state index in [-0.39, 0.29) is 24.3 Å². The highest BCUT2D eigenvalue weighted by Crippen LogP contribution is 2.34. The lowest BCUT2D eigenvalue weighted by Gasteiger charge is -2.28. The Balaban J connectivity index is 0.00000144. The van der Waals surface area contributed by atoms with Gasteiger partial charge in [-0.2, -0.15) is 0 Å². The lowest BCUT2D eigenvalue weighted by Crippen LogP contribution is -2.24. The Hall–Kier alpha value is -0.310. The third kappa shape index (κ3) is 3.57. The Bertz CT molecular complexity index is 364. The van der Waals surface area contributed by atoms with Crippen molar-refractivity contribution in [2.45, 2.75) is 38.1 Å². The van der Waals surface area contributed by atoms with Crippen molar-refractivity contribution in [3.63, 3.8) is 0 Å². The Kier molecular flexibility index (Phi) is 5.71. The Morgan fingerprint density at radius 3 is 2.47 bits per heavy atom. The predicted molar refractivity (Wildman–Crippen MR) is 72.2 cm³/mol. The van der Waals surface area contributed by atoms with Crippen molar-refractivity contribution in [3.05, 3.63) is 34.6 Å². The monoisotopic (exact) mass is 277 g/mol. The van der Waals surface area contributed by atoms with Crippen molar-refractivity contribution in [1.29, 1.82) is 0 Å². The van der Waals surface area contributed by atoms with E-state index in [2.05, 4.69) is 0 Å². The molecule has 1 aliphatic carbocycles. The first-order chi connectivity index (χ1) is 7.68. The van der Waals surface area contributed by atoms with Crippen LogP contribution < -0.4 is 5.73 Å². The molecule has 1 aliphatic rings. The summed E-state index contributed by atoms with van der Waals surface area (Å²) in [5, 5.41) is 0.428. The zero-order valence-electron chi connectivity index (χ0n) is 9.66. The van der Waals surface area contributed by atoms with Crippen molar-refractivity contribution >= 4 is 24.0 Å². The molecular formula is C13H18Cl2FN. The molecule has 0 saturated heterocycles. The van der Waals surface area contributed by atoms with Gasteiger partial charge < -0.3 is 5.73 Å². The molecule has 0 bridgehead atoms. The maximum absolute atomic E-state index is 13.7. The van der Waals surface area contributed by atoms with Crippen LogP contribution in [0.2, 0.25) is 5.02 Å². The predicted octanol–water partition coefficient (Wildman–Crippen LogP) is 4.48. The van der Waals surface area contributed by atoms with Gasteiger partial charge in [0, 0.05) is 16.6 Å². The van der Waals surface area contributed by atoms with Gasteiger partial charge in [-0.1, -0.05) is 36.9 Å². The normalized spacial score (nSPS) is 18.5. The second-order valence-corrected chi connectivity index (χ2v) is 5.03. The summed E-state index contributed by atoms with van der Waals surface area (Å²) in [6.45, 7) is 0. The van der Waals surface area contributed by atoms with Gasteiger partial charge in [0.25, 0.3) is 0 Å². The molecule has 0 unspecified atom stereocenters. The first kappa shape index (κ1) is 14.7. The zero-order valence-corrected chi connectivity index (χ0v) is 11.2. The van der Waals surface area contributed by atoms with Gasteiger partial charge in [0.1, 0.15) is 5.82 Å². The van der Waals surface area contributed by atoms with E-state index in [0.717, 1.165) is 12.8 Å². The molecule has 0 heterocycles. The molecular weight excluding hydrogens is 260 g/mol. The summed E-state index contributed by atoms with van der Waals surface area (Å²) in [6, 6.07) is 4.59. The van der Waals surface area contributed by atoms with E-state index in [1.165, 1.54) is 25.3 Å². The van der Waals surface area contributed by atoms with Gasteiger partial charge >= 0.3 is 0 Å². The van der Waals surface area contributed by atoms with E-state index in [9.17, 15) is 4.39 Å². The summed E-state index contributed by atoms with van der Waals surface area (Å²) in [5.41, 5.74) is 6.75. The second kappa shape index (κ2) is 6.58. The van der Waals surface area contributed by atoms with Crippen LogP contribution in [0.25, 0.3) is 0 Å². The van der Waals surface area contributed by atoms with Crippen LogP contribution in [0.5, 0.6) is 0 Å². The first-order valence-corrected chi connectivity index (χ1v) is 6.27. The highest BCUT2D eigenvalue weighted by Gasteiger charge is 2.23. The molecule has 1 fully saturated rings. The van der Waals surface area contributed by atoms with Crippen LogP contribution in [-0.2, 0) is 0 Å². The number of halogens is 3. The molecule has 17 heavy (non-hydrogen) atoms. The fraction of sp³-hybridized carbons (Fsp3) is 0.538. The Morgan fingerprint density at radius 2 is 1.88 bits per heavy atom. The number of rotatable bonds is 2. The summed E-state index contributed by atoms with van der Waals surface area (Å²) in [4.78, 5) is 0. The summed E-state index contributed by atoms with van der Waals surface area (Å²) in [7, 11) is 0. The van der Waals surface area contributed by atoms with Crippen LogP contribution in [0.3, 0.4) is 0 Å². The van der Waals surface area contributed by atoms with Crippen molar-refractivity contribution < 1.29 is 4.39 Å². The number of hydrogen-bond donors (Lipinski definition) is 1. The van der Waals surface area contributed by atoms with Crippen molar-refractivity contribution in [2.24, 2.45) is 11.7 Å². The maximum atomic E-state index is 13.7. The van der Waals surface area contributed by atoms with Crippen LogP contribution in [0.1, 0.15) is 43.7 Å². The smallest absolute Gasteiger partial charge is 0.129 e. The van der Waals surface area contributed by atoms with Gasteiger partial charge in [-0.15, -0.1) is 12.4 Å². The highest BCUT2D eigenvalue weighted by molar-refractivity contribution is 6.30. The minimum absolute atomic E-state index is 0. The summed E-state index contributed by atoms with van der Waals surface area (Å²) >= 11 is 5.73. The van der Waals surface area contributed by atoms with Gasteiger partial charge in [-0.3, -0.25) is 0 Å². The molecule has 96 valence electrons.